The highest BCUT2D eigenvalue weighted by Crippen LogP contribution is 2.26. The van der Waals surface area contributed by atoms with Crippen molar-refractivity contribution >= 4 is 21.8 Å². The van der Waals surface area contributed by atoms with Gasteiger partial charge in [-0.05, 0) is 18.9 Å². The maximum Gasteiger partial charge on any atom is 0.258 e. The molecule has 0 saturated heterocycles. The van der Waals surface area contributed by atoms with Crippen LogP contribution in [0.2, 0.25) is 0 Å². The second-order valence-corrected chi connectivity index (χ2v) is 5.31. The van der Waals surface area contributed by atoms with E-state index < -0.39 is 0 Å². The van der Waals surface area contributed by atoms with Gasteiger partial charge in [0.2, 0.25) is 0 Å². The minimum absolute atomic E-state index is 0.0416. The molecule has 98 valence electrons. The van der Waals surface area contributed by atoms with E-state index in [0.29, 0.717) is 18.2 Å². The zero-order valence-corrected chi connectivity index (χ0v) is 11.8. The molecular weight excluding hydrogens is 296 g/mol. The first-order valence-corrected chi connectivity index (χ1v) is 7.36. The van der Waals surface area contributed by atoms with E-state index in [0.717, 1.165) is 18.2 Å². The Bertz CT molecular complexity index is 419. The van der Waals surface area contributed by atoms with Crippen LogP contribution in [0.5, 0.6) is 5.75 Å². The first-order valence-electron chi connectivity index (χ1n) is 6.24. The van der Waals surface area contributed by atoms with E-state index in [1.165, 1.54) is 25.2 Å². The van der Waals surface area contributed by atoms with Gasteiger partial charge in [0.25, 0.3) is 5.91 Å². The number of aromatic hydroxyl groups is 1. The van der Waals surface area contributed by atoms with E-state index in [2.05, 4.69) is 20.9 Å². The molecule has 0 atom stereocenters. The first kappa shape index (κ1) is 13.3. The fourth-order valence-corrected chi connectivity index (χ4v) is 2.86. The van der Waals surface area contributed by atoms with Crippen LogP contribution in [0.3, 0.4) is 0 Å². The van der Waals surface area contributed by atoms with Crippen molar-refractivity contribution in [2.24, 2.45) is 0 Å². The summed E-state index contributed by atoms with van der Waals surface area (Å²) in [5, 5.41) is 10.5. The number of halogens is 1. The summed E-state index contributed by atoms with van der Waals surface area (Å²) in [5.74, 6) is -0.138. The van der Waals surface area contributed by atoms with Crippen molar-refractivity contribution in [3.63, 3.8) is 0 Å². The smallest absolute Gasteiger partial charge is 0.258 e. The monoisotopic (exact) mass is 312 g/mol. The molecule has 4 nitrogen and oxygen atoms in total. The maximum absolute atomic E-state index is 12.5. The van der Waals surface area contributed by atoms with E-state index in [1.54, 1.807) is 6.07 Å². The van der Waals surface area contributed by atoms with Gasteiger partial charge < -0.3 is 10.0 Å². The molecule has 2 rings (SSSR count). The average Bonchev–Trinajstić information content (AvgIpc) is 2.89. The Hall–Kier alpha value is -1.10. The minimum Gasteiger partial charge on any atom is -0.505 e. The summed E-state index contributed by atoms with van der Waals surface area (Å²) in [6.07, 6.45) is 7.33. The van der Waals surface area contributed by atoms with Crippen LogP contribution < -0.4 is 0 Å². The van der Waals surface area contributed by atoms with Crippen LogP contribution in [0.25, 0.3) is 0 Å². The van der Waals surface area contributed by atoms with Crippen LogP contribution in [0.4, 0.5) is 0 Å². The van der Waals surface area contributed by atoms with Gasteiger partial charge in [-0.2, -0.15) is 0 Å². The summed E-state index contributed by atoms with van der Waals surface area (Å²) in [6, 6.07) is 1.89. The number of carbonyl (C=O) groups is 1. The lowest BCUT2D eigenvalue weighted by molar-refractivity contribution is 0.0693. The highest BCUT2D eigenvalue weighted by Gasteiger charge is 2.28. The average molecular weight is 313 g/mol. The standard InChI is InChI=1S/C13H17BrN2O2/c14-6-8-16(10-3-1-2-4-10)13(18)11-5-7-15-9-12(11)17/h5,7,9-10,17H,1-4,6,8H2. The highest BCUT2D eigenvalue weighted by atomic mass is 79.9. The van der Waals surface area contributed by atoms with Crippen molar-refractivity contribution in [1.29, 1.82) is 0 Å². The Morgan fingerprint density at radius 2 is 2.22 bits per heavy atom. The normalized spacial score (nSPS) is 15.8. The number of amides is 1. The lowest BCUT2D eigenvalue weighted by Gasteiger charge is -2.28. The molecule has 0 unspecified atom stereocenters. The molecule has 1 aliphatic carbocycles. The zero-order valence-electron chi connectivity index (χ0n) is 10.2. The van der Waals surface area contributed by atoms with Gasteiger partial charge >= 0.3 is 0 Å². The molecule has 1 aromatic heterocycles. The second kappa shape index (κ2) is 6.18. The zero-order chi connectivity index (χ0) is 13.0. The fraction of sp³-hybridized carbons (Fsp3) is 0.538. The topological polar surface area (TPSA) is 53.4 Å². The largest absolute Gasteiger partial charge is 0.505 e. The van der Waals surface area contributed by atoms with Crippen LogP contribution in [-0.4, -0.2) is 38.8 Å². The molecule has 0 bridgehead atoms. The van der Waals surface area contributed by atoms with E-state index >= 15 is 0 Å². The van der Waals surface area contributed by atoms with Crippen molar-refractivity contribution in [2.75, 3.05) is 11.9 Å². The molecule has 0 spiro atoms. The van der Waals surface area contributed by atoms with Crippen LogP contribution in [0.15, 0.2) is 18.5 Å². The second-order valence-electron chi connectivity index (χ2n) is 4.52. The predicted octanol–water partition coefficient (Wildman–Crippen LogP) is 2.57. The molecule has 1 aromatic rings. The van der Waals surface area contributed by atoms with E-state index in [-0.39, 0.29) is 11.7 Å². The summed E-state index contributed by atoms with van der Waals surface area (Å²) >= 11 is 3.39. The first-order chi connectivity index (χ1) is 8.74. The van der Waals surface area contributed by atoms with Crippen LogP contribution in [0.1, 0.15) is 36.0 Å². The van der Waals surface area contributed by atoms with Gasteiger partial charge in [0, 0.05) is 24.1 Å². The molecule has 1 fully saturated rings. The molecule has 1 saturated carbocycles. The Labute approximate surface area is 115 Å². The van der Waals surface area contributed by atoms with Gasteiger partial charge in [-0.15, -0.1) is 0 Å². The Morgan fingerprint density at radius 1 is 1.50 bits per heavy atom. The fourth-order valence-electron chi connectivity index (χ4n) is 2.48. The predicted molar refractivity (Wildman–Crippen MR) is 73.0 cm³/mol. The Kier molecular flexibility index (Phi) is 4.58. The van der Waals surface area contributed by atoms with E-state index in [1.807, 2.05) is 4.90 Å². The summed E-state index contributed by atoms with van der Waals surface area (Å²) in [7, 11) is 0. The molecule has 0 aromatic carbocycles. The molecule has 1 N–H and O–H groups in total. The molecule has 1 amide bonds. The number of hydrogen-bond donors (Lipinski definition) is 1. The van der Waals surface area contributed by atoms with Gasteiger partial charge in [-0.1, -0.05) is 28.8 Å². The highest BCUT2D eigenvalue weighted by molar-refractivity contribution is 9.09. The van der Waals surface area contributed by atoms with Crippen LogP contribution >= 0.6 is 15.9 Å². The molecule has 0 aliphatic heterocycles. The Morgan fingerprint density at radius 3 is 2.83 bits per heavy atom. The van der Waals surface area contributed by atoms with Crippen LogP contribution in [-0.2, 0) is 0 Å². The summed E-state index contributed by atoms with van der Waals surface area (Å²) in [4.78, 5) is 18.1. The van der Waals surface area contributed by atoms with Crippen molar-refractivity contribution in [3.8, 4) is 5.75 Å². The molecule has 1 heterocycles. The summed E-state index contributed by atoms with van der Waals surface area (Å²) in [5.41, 5.74) is 0.345. The number of rotatable bonds is 4. The van der Waals surface area contributed by atoms with Gasteiger partial charge in [-0.25, -0.2) is 0 Å². The number of carbonyl (C=O) groups excluding carboxylic acids is 1. The summed E-state index contributed by atoms with van der Waals surface area (Å²) in [6.45, 7) is 0.672. The molecule has 0 radical (unpaired) electrons. The quantitative estimate of drug-likeness (QED) is 0.869. The van der Waals surface area contributed by atoms with Gasteiger partial charge in [0.1, 0.15) is 5.75 Å². The lowest BCUT2D eigenvalue weighted by Crippen LogP contribution is -2.40. The molecule has 5 heteroatoms. The van der Waals surface area contributed by atoms with E-state index in [4.69, 9.17) is 0 Å². The van der Waals surface area contributed by atoms with Gasteiger partial charge in [0.15, 0.2) is 0 Å². The van der Waals surface area contributed by atoms with Crippen LogP contribution in [0, 0.1) is 0 Å². The van der Waals surface area contributed by atoms with Crippen molar-refractivity contribution in [3.05, 3.63) is 24.0 Å². The molecule has 1 aliphatic rings. The number of hydrogen-bond acceptors (Lipinski definition) is 3. The molecular formula is C13H17BrN2O2. The number of pyridine rings is 1. The minimum atomic E-state index is -0.0961. The van der Waals surface area contributed by atoms with Crippen molar-refractivity contribution < 1.29 is 9.90 Å². The van der Waals surface area contributed by atoms with Crippen molar-refractivity contribution in [2.45, 2.75) is 31.7 Å². The lowest BCUT2D eigenvalue weighted by atomic mass is 10.1. The van der Waals surface area contributed by atoms with Gasteiger partial charge in [0.05, 0.1) is 11.8 Å². The number of nitrogens with zero attached hydrogens (tertiary/aromatic N) is 2. The third-order valence-electron chi connectivity index (χ3n) is 3.38. The molecule has 18 heavy (non-hydrogen) atoms. The maximum atomic E-state index is 12.5. The number of aromatic nitrogens is 1. The summed E-state index contributed by atoms with van der Waals surface area (Å²) < 4.78 is 0. The van der Waals surface area contributed by atoms with E-state index in [9.17, 15) is 9.90 Å². The Balaban J connectivity index is 2.20. The third-order valence-corrected chi connectivity index (χ3v) is 3.74. The SMILES string of the molecule is O=C(c1ccncc1O)N(CCBr)C1CCCC1. The third kappa shape index (κ3) is 2.83. The van der Waals surface area contributed by atoms with Gasteiger partial charge in [-0.3, -0.25) is 9.78 Å². The van der Waals surface area contributed by atoms with Crippen molar-refractivity contribution in [1.82, 2.24) is 9.88 Å². The number of alkyl halides is 1.